The van der Waals surface area contributed by atoms with Crippen molar-refractivity contribution < 1.29 is 14.3 Å². The fraction of sp³-hybridized carbons (Fsp3) is 0.600. The topological polar surface area (TPSA) is 43.4 Å². The highest BCUT2D eigenvalue weighted by Gasteiger charge is 2.33. The Hall–Kier alpha value is -1.12. The fourth-order valence-electron chi connectivity index (χ4n) is 1.66. The van der Waals surface area contributed by atoms with Gasteiger partial charge in [0.2, 0.25) is 0 Å². The van der Waals surface area contributed by atoms with Crippen LogP contribution in [0.4, 0.5) is 0 Å². The van der Waals surface area contributed by atoms with E-state index in [0.29, 0.717) is 6.42 Å². The molecule has 0 saturated carbocycles. The van der Waals surface area contributed by atoms with Gasteiger partial charge in [-0.2, -0.15) is 0 Å². The summed E-state index contributed by atoms with van der Waals surface area (Å²) in [4.78, 5) is 22.4. The second-order valence-corrected chi connectivity index (χ2v) is 3.11. The molecule has 72 valence electrons. The summed E-state index contributed by atoms with van der Waals surface area (Å²) in [5.74, 6) is -0.631. The SMILES string of the molecule is CCC1=C(C(C)=O)C(=O)OC1CC. The van der Waals surface area contributed by atoms with Gasteiger partial charge < -0.3 is 4.74 Å². The number of ketones is 1. The molecule has 1 aliphatic rings. The molecule has 3 nitrogen and oxygen atoms in total. The zero-order valence-electron chi connectivity index (χ0n) is 8.22. The van der Waals surface area contributed by atoms with E-state index in [-0.39, 0.29) is 17.5 Å². The molecule has 0 fully saturated rings. The van der Waals surface area contributed by atoms with Crippen LogP contribution in [0.25, 0.3) is 0 Å². The molecule has 0 aromatic carbocycles. The maximum atomic E-state index is 11.3. The van der Waals surface area contributed by atoms with Crippen LogP contribution in [-0.2, 0) is 14.3 Å². The number of ether oxygens (including phenoxy) is 1. The van der Waals surface area contributed by atoms with Crippen molar-refractivity contribution in [2.75, 3.05) is 0 Å². The molecule has 0 N–H and O–H groups in total. The van der Waals surface area contributed by atoms with Crippen LogP contribution in [0, 0.1) is 0 Å². The lowest BCUT2D eigenvalue weighted by molar-refractivity contribution is -0.140. The summed E-state index contributed by atoms with van der Waals surface area (Å²) in [6, 6.07) is 0. The zero-order valence-corrected chi connectivity index (χ0v) is 8.22. The Morgan fingerprint density at radius 2 is 2.08 bits per heavy atom. The van der Waals surface area contributed by atoms with E-state index in [1.807, 2.05) is 13.8 Å². The Bertz CT molecular complexity index is 276. The summed E-state index contributed by atoms with van der Waals surface area (Å²) in [6.07, 6.45) is 1.28. The molecule has 13 heavy (non-hydrogen) atoms. The van der Waals surface area contributed by atoms with Crippen LogP contribution in [0.3, 0.4) is 0 Å². The minimum atomic E-state index is -0.448. The van der Waals surface area contributed by atoms with Gasteiger partial charge in [0.15, 0.2) is 5.78 Å². The van der Waals surface area contributed by atoms with Gasteiger partial charge in [-0.05, 0) is 25.3 Å². The van der Waals surface area contributed by atoms with Gasteiger partial charge >= 0.3 is 5.97 Å². The van der Waals surface area contributed by atoms with Crippen molar-refractivity contribution in [1.82, 2.24) is 0 Å². The van der Waals surface area contributed by atoms with Crippen LogP contribution in [0.5, 0.6) is 0 Å². The summed E-state index contributed by atoms with van der Waals surface area (Å²) >= 11 is 0. The molecule has 0 bridgehead atoms. The van der Waals surface area contributed by atoms with Gasteiger partial charge in [-0.1, -0.05) is 13.8 Å². The Morgan fingerprint density at radius 3 is 2.46 bits per heavy atom. The predicted octanol–water partition coefficient (Wildman–Crippen LogP) is 1.62. The number of rotatable bonds is 3. The maximum absolute atomic E-state index is 11.3. The van der Waals surface area contributed by atoms with Crippen LogP contribution >= 0.6 is 0 Å². The molecule has 0 spiro atoms. The van der Waals surface area contributed by atoms with E-state index in [1.165, 1.54) is 6.92 Å². The summed E-state index contributed by atoms with van der Waals surface area (Å²) in [5, 5.41) is 0. The van der Waals surface area contributed by atoms with Gasteiger partial charge in [0.1, 0.15) is 11.7 Å². The van der Waals surface area contributed by atoms with Gasteiger partial charge in [0.05, 0.1) is 0 Å². The van der Waals surface area contributed by atoms with E-state index in [0.717, 1.165) is 12.0 Å². The molecule has 1 rings (SSSR count). The Kier molecular flexibility index (Phi) is 2.86. The second kappa shape index (κ2) is 3.73. The molecule has 1 aliphatic heterocycles. The van der Waals surface area contributed by atoms with Crippen LogP contribution in [-0.4, -0.2) is 17.9 Å². The van der Waals surface area contributed by atoms with Crippen molar-refractivity contribution in [3.8, 4) is 0 Å². The first-order valence-corrected chi connectivity index (χ1v) is 4.56. The van der Waals surface area contributed by atoms with Crippen molar-refractivity contribution >= 4 is 11.8 Å². The average Bonchev–Trinajstić information content (AvgIpc) is 2.41. The Morgan fingerprint density at radius 1 is 1.46 bits per heavy atom. The van der Waals surface area contributed by atoms with E-state index in [4.69, 9.17) is 4.74 Å². The minimum absolute atomic E-state index is 0.170. The van der Waals surface area contributed by atoms with Gasteiger partial charge in [-0.15, -0.1) is 0 Å². The molecule has 1 atom stereocenters. The Balaban J connectivity index is 3.07. The summed E-state index contributed by atoms with van der Waals surface area (Å²) in [6.45, 7) is 5.28. The average molecular weight is 182 g/mol. The lowest BCUT2D eigenvalue weighted by atomic mass is 9.99. The van der Waals surface area contributed by atoms with Crippen molar-refractivity contribution in [2.45, 2.75) is 39.7 Å². The number of Topliss-reactive ketones (excluding diaryl/α,β-unsaturated/α-hetero) is 1. The third kappa shape index (κ3) is 1.64. The highest BCUT2D eigenvalue weighted by atomic mass is 16.5. The van der Waals surface area contributed by atoms with Crippen LogP contribution in [0.15, 0.2) is 11.1 Å². The number of hydrogen-bond donors (Lipinski definition) is 0. The molecule has 1 unspecified atom stereocenters. The normalized spacial score (nSPS) is 22.1. The standard InChI is InChI=1S/C10H14O3/c1-4-7-8(5-2)13-10(12)9(7)6(3)11/h8H,4-5H2,1-3H3. The maximum Gasteiger partial charge on any atom is 0.342 e. The molecule has 0 aromatic rings. The largest absolute Gasteiger partial charge is 0.454 e. The quantitative estimate of drug-likeness (QED) is 0.492. The van der Waals surface area contributed by atoms with Crippen molar-refractivity contribution in [3.05, 3.63) is 11.1 Å². The first-order valence-electron chi connectivity index (χ1n) is 4.56. The zero-order chi connectivity index (χ0) is 10.0. The van der Waals surface area contributed by atoms with E-state index < -0.39 is 5.97 Å². The van der Waals surface area contributed by atoms with Crippen molar-refractivity contribution in [1.29, 1.82) is 0 Å². The van der Waals surface area contributed by atoms with Gasteiger partial charge in [0, 0.05) is 0 Å². The van der Waals surface area contributed by atoms with Gasteiger partial charge in [-0.3, -0.25) is 4.79 Å². The molecular formula is C10H14O3. The van der Waals surface area contributed by atoms with Crippen LogP contribution in [0.2, 0.25) is 0 Å². The Labute approximate surface area is 77.8 Å². The molecule has 0 radical (unpaired) electrons. The number of esters is 1. The van der Waals surface area contributed by atoms with E-state index >= 15 is 0 Å². The number of cyclic esters (lactones) is 1. The molecule has 0 amide bonds. The minimum Gasteiger partial charge on any atom is -0.454 e. The molecule has 0 aromatic heterocycles. The highest BCUT2D eigenvalue weighted by Crippen LogP contribution is 2.27. The number of carbonyl (C=O) groups is 2. The monoisotopic (exact) mass is 182 g/mol. The van der Waals surface area contributed by atoms with E-state index in [2.05, 4.69) is 0 Å². The third-order valence-corrected chi connectivity index (χ3v) is 2.27. The number of hydrogen-bond acceptors (Lipinski definition) is 3. The van der Waals surface area contributed by atoms with Crippen LogP contribution in [0.1, 0.15) is 33.6 Å². The van der Waals surface area contributed by atoms with Crippen molar-refractivity contribution in [3.63, 3.8) is 0 Å². The van der Waals surface area contributed by atoms with Crippen molar-refractivity contribution in [2.24, 2.45) is 0 Å². The van der Waals surface area contributed by atoms with Crippen LogP contribution < -0.4 is 0 Å². The lowest BCUT2D eigenvalue weighted by Crippen LogP contribution is -2.09. The van der Waals surface area contributed by atoms with E-state index in [9.17, 15) is 9.59 Å². The molecule has 0 saturated heterocycles. The molecule has 0 aliphatic carbocycles. The summed E-state index contributed by atoms with van der Waals surface area (Å²) < 4.78 is 5.05. The van der Waals surface area contributed by atoms with Gasteiger partial charge in [-0.25, -0.2) is 4.79 Å². The molecule has 1 heterocycles. The number of carbonyl (C=O) groups excluding carboxylic acids is 2. The van der Waals surface area contributed by atoms with E-state index in [1.54, 1.807) is 0 Å². The third-order valence-electron chi connectivity index (χ3n) is 2.27. The summed E-state index contributed by atoms with van der Waals surface area (Å²) in [5.41, 5.74) is 1.13. The van der Waals surface area contributed by atoms with Gasteiger partial charge in [0.25, 0.3) is 0 Å². The fourth-order valence-corrected chi connectivity index (χ4v) is 1.66. The second-order valence-electron chi connectivity index (χ2n) is 3.11. The molecule has 3 heteroatoms. The predicted molar refractivity (Wildman–Crippen MR) is 48.2 cm³/mol. The first kappa shape index (κ1) is 9.96. The lowest BCUT2D eigenvalue weighted by Gasteiger charge is -2.08. The molecular weight excluding hydrogens is 168 g/mol. The summed E-state index contributed by atoms with van der Waals surface area (Å²) in [7, 11) is 0. The smallest absolute Gasteiger partial charge is 0.342 e. The highest BCUT2D eigenvalue weighted by molar-refractivity contribution is 6.18. The first-order chi connectivity index (χ1) is 6.11.